The van der Waals surface area contributed by atoms with Gasteiger partial charge in [0.05, 0.1) is 0 Å². The number of hydrogen-bond acceptors (Lipinski definition) is 3. The van der Waals surface area contributed by atoms with E-state index in [2.05, 4.69) is 10.1 Å². The number of nitrogens with one attached hydrogen (secondary N) is 1. The number of halogens is 3. The number of alkyl halides is 2. The van der Waals surface area contributed by atoms with Crippen LogP contribution in [0.5, 0.6) is 11.5 Å². The minimum Gasteiger partial charge on any atom is -0.508 e. The molecule has 0 fully saturated rings. The smallest absolute Gasteiger partial charge is 0.387 e. The molecular formula is C15H14ClF2NO2. The standard InChI is InChI=1S/C15H14ClF2NO2/c16-12-5-3-6-13(20)11(12)9-19-8-10-4-1-2-7-14(10)21-15(17)18/h1-7,15,19-20H,8-9H2. The largest absolute Gasteiger partial charge is 0.508 e. The van der Waals surface area contributed by atoms with Crippen LogP contribution in [0.2, 0.25) is 5.02 Å². The van der Waals surface area contributed by atoms with E-state index in [1.165, 1.54) is 12.1 Å². The van der Waals surface area contributed by atoms with Gasteiger partial charge in [-0.05, 0) is 18.2 Å². The van der Waals surface area contributed by atoms with Crippen LogP contribution in [0.15, 0.2) is 42.5 Å². The predicted octanol–water partition coefficient (Wildman–Crippen LogP) is 3.94. The zero-order valence-corrected chi connectivity index (χ0v) is 11.8. The summed E-state index contributed by atoms with van der Waals surface area (Å²) in [5.41, 5.74) is 1.16. The Morgan fingerprint density at radius 3 is 2.57 bits per heavy atom. The second kappa shape index (κ2) is 7.24. The number of phenols is 1. The van der Waals surface area contributed by atoms with E-state index in [0.717, 1.165) is 0 Å². The fourth-order valence-electron chi connectivity index (χ4n) is 1.91. The van der Waals surface area contributed by atoms with Gasteiger partial charge in [0.1, 0.15) is 11.5 Å². The summed E-state index contributed by atoms with van der Waals surface area (Å²) in [6.45, 7) is -2.24. The van der Waals surface area contributed by atoms with Crippen LogP contribution in [0, 0.1) is 0 Å². The van der Waals surface area contributed by atoms with Crippen molar-refractivity contribution >= 4 is 11.6 Å². The Morgan fingerprint density at radius 1 is 1.10 bits per heavy atom. The van der Waals surface area contributed by atoms with Crippen LogP contribution in [-0.4, -0.2) is 11.7 Å². The summed E-state index contributed by atoms with van der Waals surface area (Å²) in [7, 11) is 0. The van der Waals surface area contributed by atoms with Gasteiger partial charge in [-0.15, -0.1) is 0 Å². The summed E-state index contributed by atoms with van der Waals surface area (Å²) >= 11 is 5.99. The fraction of sp³-hybridized carbons (Fsp3) is 0.200. The Balaban J connectivity index is 2.01. The molecule has 2 rings (SSSR count). The number of phenolic OH excluding ortho intramolecular Hbond substituents is 1. The normalized spacial score (nSPS) is 10.9. The van der Waals surface area contributed by atoms with Crippen molar-refractivity contribution < 1.29 is 18.6 Å². The monoisotopic (exact) mass is 313 g/mol. The molecule has 2 aromatic rings. The summed E-state index contributed by atoms with van der Waals surface area (Å²) in [6.07, 6.45) is 0. The molecule has 0 aliphatic heterocycles. The van der Waals surface area contributed by atoms with Gasteiger partial charge in [-0.2, -0.15) is 8.78 Å². The minimum absolute atomic E-state index is 0.0899. The molecule has 0 saturated heterocycles. The Hall–Kier alpha value is -1.85. The van der Waals surface area contributed by atoms with E-state index in [9.17, 15) is 13.9 Å². The predicted molar refractivity (Wildman–Crippen MR) is 76.7 cm³/mol. The number of aromatic hydroxyl groups is 1. The molecule has 0 amide bonds. The molecule has 0 aliphatic carbocycles. The average Bonchev–Trinajstić information content (AvgIpc) is 2.43. The molecule has 0 atom stereocenters. The number of para-hydroxylation sites is 1. The highest BCUT2D eigenvalue weighted by Crippen LogP contribution is 2.25. The lowest BCUT2D eigenvalue weighted by Gasteiger charge is -2.12. The first-order valence-electron chi connectivity index (χ1n) is 6.27. The van der Waals surface area contributed by atoms with Crippen molar-refractivity contribution in [2.24, 2.45) is 0 Å². The van der Waals surface area contributed by atoms with Gasteiger partial charge < -0.3 is 15.2 Å². The third kappa shape index (κ3) is 4.31. The number of ether oxygens (including phenoxy) is 1. The highest BCUT2D eigenvalue weighted by atomic mass is 35.5. The van der Waals surface area contributed by atoms with Crippen LogP contribution in [0.1, 0.15) is 11.1 Å². The van der Waals surface area contributed by atoms with E-state index in [0.29, 0.717) is 29.2 Å². The van der Waals surface area contributed by atoms with E-state index in [4.69, 9.17) is 11.6 Å². The second-order valence-electron chi connectivity index (χ2n) is 4.33. The summed E-state index contributed by atoms with van der Waals surface area (Å²) in [4.78, 5) is 0. The number of benzene rings is 2. The summed E-state index contributed by atoms with van der Waals surface area (Å²) in [5, 5.41) is 13.2. The van der Waals surface area contributed by atoms with E-state index in [-0.39, 0.29) is 11.5 Å². The van der Waals surface area contributed by atoms with Crippen LogP contribution in [-0.2, 0) is 13.1 Å². The second-order valence-corrected chi connectivity index (χ2v) is 4.73. The first-order valence-corrected chi connectivity index (χ1v) is 6.65. The van der Waals surface area contributed by atoms with Crippen molar-refractivity contribution in [3.8, 4) is 11.5 Å². The molecular weight excluding hydrogens is 300 g/mol. The van der Waals surface area contributed by atoms with Gasteiger partial charge in [0.25, 0.3) is 0 Å². The van der Waals surface area contributed by atoms with Gasteiger partial charge in [0, 0.05) is 29.2 Å². The molecule has 0 radical (unpaired) electrons. The fourth-order valence-corrected chi connectivity index (χ4v) is 2.14. The molecule has 2 N–H and O–H groups in total. The molecule has 0 unspecified atom stereocenters. The van der Waals surface area contributed by atoms with E-state index in [1.807, 2.05) is 0 Å². The van der Waals surface area contributed by atoms with Crippen molar-refractivity contribution in [3.63, 3.8) is 0 Å². The number of hydrogen-bond donors (Lipinski definition) is 2. The van der Waals surface area contributed by atoms with Gasteiger partial charge >= 0.3 is 6.61 Å². The van der Waals surface area contributed by atoms with Gasteiger partial charge in [0.2, 0.25) is 0 Å². The maximum absolute atomic E-state index is 12.3. The molecule has 0 bridgehead atoms. The third-order valence-corrected chi connectivity index (χ3v) is 3.25. The van der Waals surface area contributed by atoms with E-state index < -0.39 is 6.61 Å². The molecule has 0 saturated carbocycles. The molecule has 0 heterocycles. The van der Waals surface area contributed by atoms with Crippen molar-refractivity contribution in [1.29, 1.82) is 0 Å². The van der Waals surface area contributed by atoms with Gasteiger partial charge in [-0.25, -0.2) is 0 Å². The van der Waals surface area contributed by atoms with Crippen LogP contribution in [0.4, 0.5) is 8.78 Å². The Bertz CT molecular complexity index is 588. The maximum atomic E-state index is 12.3. The summed E-state index contributed by atoms with van der Waals surface area (Å²) in [5.74, 6) is 0.218. The lowest BCUT2D eigenvalue weighted by atomic mass is 10.1. The Labute approximate surface area is 126 Å². The highest BCUT2D eigenvalue weighted by molar-refractivity contribution is 6.31. The maximum Gasteiger partial charge on any atom is 0.387 e. The lowest BCUT2D eigenvalue weighted by Crippen LogP contribution is -2.15. The molecule has 21 heavy (non-hydrogen) atoms. The molecule has 3 nitrogen and oxygen atoms in total. The SMILES string of the molecule is Oc1cccc(Cl)c1CNCc1ccccc1OC(F)F. The quantitative estimate of drug-likeness (QED) is 0.849. The van der Waals surface area contributed by atoms with E-state index in [1.54, 1.807) is 30.3 Å². The highest BCUT2D eigenvalue weighted by Gasteiger charge is 2.10. The molecule has 112 valence electrons. The zero-order valence-electron chi connectivity index (χ0n) is 11.0. The minimum atomic E-state index is -2.86. The summed E-state index contributed by atoms with van der Waals surface area (Å²) < 4.78 is 29.0. The number of rotatable bonds is 6. The zero-order chi connectivity index (χ0) is 15.2. The molecule has 2 aromatic carbocycles. The summed E-state index contributed by atoms with van der Waals surface area (Å²) in [6, 6.07) is 11.4. The Morgan fingerprint density at radius 2 is 1.86 bits per heavy atom. The first kappa shape index (κ1) is 15.5. The van der Waals surface area contributed by atoms with Crippen LogP contribution < -0.4 is 10.1 Å². The molecule has 0 aromatic heterocycles. The molecule has 6 heteroatoms. The molecule has 0 aliphatic rings. The third-order valence-electron chi connectivity index (χ3n) is 2.90. The van der Waals surface area contributed by atoms with Crippen molar-refractivity contribution in [2.45, 2.75) is 19.7 Å². The van der Waals surface area contributed by atoms with Crippen molar-refractivity contribution in [1.82, 2.24) is 5.32 Å². The lowest BCUT2D eigenvalue weighted by molar-refractivity contribution is -0.0505. The van der Waals surface area contributed by atoms with Gasteiger partial charge in [-0.3, -0.25) is 0 Å². The van der Waals surface area contributed by atoms with Crippen molar-refractivity contribution in [2.75, 3.05) is 0 Å². The average molecular weight is 314 g/mol. The first-order chi connectivity index (χ1) is 10.1. The van der Waals surface area contributed by atoms with Crippen LogP contribution in [0.3, 0.4) is 0 Å². The molecule has 0 spiro atoms. The van der Waals surface area contributed by atoms with Crippen molar-refractivity contribution in [3.05, 3.63) is 58.6 Å². The van der Waals surface area contributed by atoms with Gasteiger partial charge in [-0.1, -0.05) is 35.9 Å². The topological polar surface area (TPSA) is 41.5 Å². The Kier molecular flexibility index (Phi) is 5.36. The van der Waals surface area contributed by atoms with E-state index >= 15 is 0 Å². The van der Waals surface area contributed by atoms with Gasteiger partial charge in [0.15, 0.2) is 0 Å². The van der Waals surface area contributed by atoms with Crippen LogP contribution in [0.25, 0.3) is 0 Å². The van der Waals surface area contributed by atoms with Crippen LogP contribution >= 0.6 is 11.6 Å².